The fourth-order valence-corrected chi connectivity index (χ4v) is 1.25. The Morgan fingerprint density at radius 1 is 1.47 bits per heavy atom. The molecule has 0 amide bonds. The van der Waals surface area contributed by atoms with Crippen molar-refractivity contribution in [2.24, 2.45) is 0 Å². The van der Waals surface area contributed by atoms with Crippen molar-refractivity contribution in [3.8, 4) is 11.8 Å². The highest BCUT2D eigenvalue weighted by Crippen LogP contribution is 2.27. The molecule has 0 saturated carbocycles. The molecule has 1 aromatic carbocycles. The molecule has 0 aliphatic heterocycles. The SMILES string of the molecule is COc1cc(C(O)C(O)C#N)cc([N+](=O)[O-])c1. The van der Waals surface area contributed by atoms with Gasteiger partial charge in [0.25, 0.3) is 5.69 Å². The van der Waals surface area contributed by atoms with Crippen molar-refractivity contribution in [1.82, 2.24) is 0 Å². The molecule has 0 fully saturated rings. The molecule has 7 heteroatoms. The van der Waals surface area contributed by atoms with Gasteiger partial charge in [0.2, 0.25) is 0 Å². The van der Waals surface area contributed by atoms with Crippen LogP contribution in [-0.2, 0) is 0 Å². The van der Waals surface area contributed by atoms with Gasteiger partial charge >= 0.3 is 0 Å². The van der Waals surface area contributed by atoms with E-state index in [4.69, 9.17) is 15.1 Å². The van der Waals surface area contributed by atoms with Gasteiger partial charge in [0.1, 0.15) is 11.9 Å². The topological polar surface area (TPSA) is 117 Å². The lowest BCUT2D eigenvalue weighted by Crippen LogP contribution is -2.16. The Labute approximate surface area is 96.6 Å². The number of methoxy groups -OCH3 is 1. The number of hydrogen-bond donors (Lipinski definition) is 2. The summed E-state index contributed by atoms with van der Waals surface area (Å²) in [5, 5.41) is 37.8. The fourth-order valence-electron chi connectivity index (χ4n) is 1.25. The van der Waals surface area contributed by atoms with Crippen LogP contribution >= 0.6 is 0 Å². The number of non-ortho nitro benzene ring substituents is 1. The smallest absolute Gasteiger partial charge is 0.273 e. The molecule has 0 saturated heterocycles. The second kappa shape index (κ2) is 5.25. The molecule has 7 nitrogen and oxygen atoms in total. The van der Waals surface area contributed by atoms with E-state index in [2.05, 4.69) is 0 Å². The van der Waals surface area contributed by atoms with E-state index >= 15 is 0 Å². The van der Waals surface area contributed by atoms with Crippen LogP contribution in [0.15, 0.2) is 18.2 Å². The minimum atomic E-state index is -1.65. The van der Waals surface area contributed by atoms with Crippen molar-refractivity contribution >= 4 is 5.69 Å². The maximum atomic E-state index is 10.6. The quantitative estimate of drug-likeness (QED) is 0.448. The first-order valence-electron chi connectivity index (χ1n) is 4.58. The van der Waals surface area contributed by atoms with E-state index in [-0.39, 0.29) is 17.0 Å². The maximum absolute atomic E-state index is 10.6. The number of aliphatic hydroxyl groups excluding tert-OH is 2. The summed E-state index contributed by atoms with van der Waals surface area (Å²) in [6.45, 7) is 0. The molecule has 0 aromatic heterocycles. The molecule has 0 aliphatic carbocycles. The number of nitro benzene ring substituents is 1. The van der Waals surface area contributed by atoms with Crippen molar-refractivity contribution in [3.63, 3.8) is 0 Å². The minimum Gasteiger partial charge on any atom is -0.496 e. The highest BCUT2D eigenvalue weighted by atomic mass is 16.6. The average Bonchev–Trinajstić information content (AvgIpc) is 2.36. The van der Waals surface area contributed by atoms with Crippen LogP contribution in [0.4, 0.5) is 5.69 Å². The Morgan fingerprint density at radius 2 is 2.12 bits per heavy atom. The summed E-state index contributed by atoms with van der Waals surface area (Å²) in [7, 11) is 1.32. The van der Waals surface area contributed by atoms with Crippen LogP contribution in [0.5, 0.6) is 5.75 Å². The highest BCUT2D eigenvalue weighted by molar-refractivity contribution is 5.44. The van der Waals surface area contributed by atoms with E-state index in [9.17, 15) is 15.2 Å². The van der Waals surface area contributed by atoms with Crippen LogP contribution in [0.2, 0.25) is 0 Å². The molecule has 0 heterocycles. The number of ether oxygens (including phenoxy) is 1. The molecule has 1 aromatic rings. The number of benzene rings is 1. The predicted molar refractivity (Wildman–Crippen MR) is 56.2 cm³/mol. The van der Waals surface area contributed by atoms with Crippen molar-refractivity contribution in [2.45, 2.75) is 12.2 Å². The Kier molecular flexibility index (Phi) is 3.98. The zero-order chi connectivity index (χ0) is 13.0. The first-order valence-corrected chi connectivity index (χ1v) is 4.58. The molecular weight excluding hydrogens is 228 g/mol. The molecule has 2 atom stereocenters. The van der Waals surface area contributed by atoms with Gasteiger partial charge in [0.05, 0.1) is 24.2 Å². The second-order valence-electron chi connectivity index (χ2n) is 3.24. The predicted octanol–water partition coefficient (Wildman–Crippen LogP) is 0.521. The standard InChI is InChI=1S/C10H10N2O5/c1-17-8-3-6(10(14)9(13)5-11)2-7(4-8)12(15)16/h2-4,9-10,13-14H,1H3. The van der Waals surface area contributed by atoms with Crippen LogP contribution in [0.3, 0.4) is 0 Å². The van der Waals surface area contributed by atoms with E-state index < -0.39 is 17.1 Å². The van der Waals surface area contributed by atoms with Gasteiger partial charge in [0.15, 0.2) is 6.10 Å². The Morgan fingerprint density at radius 3 is 2.59 bits per heavy atom. The van der Waals surface area contributed by atoms with Gasteiger partial charge in [-0.1, -0.05) is 0 Å². The van der Waals surface area contributed by atoms with Crippen molar-refractivity contribution in [2.75, 3.05) is 7.11 Å². The first kappa shape index (κ1) is 12.9. The lowest BCUT2D eigenvalue weighted by molar-refractivity contribution is -0.385. The molecule has 90 valence electrons. The summed E-state index contributed by atoms with van der Waals surface area (Å²) < 4.78 is 4.83. The third kappa shape index (κ3) is 2.90. The van der Waals surface area contributed by atoms with Gasteiger partial charge in [-0.2, -0.15) is 5.26 Å². The van der Waals surface area contributed by atoms with Gasteiger partial charge in [0, 0.05) is 6.07 Å². The number of aliphatic hydroxyl groups is 2. The maximum Gasteiger partial charge on any atom is 0.273 e. The van der Waals surface area contributed by atoms with Gasteiger partial charge in [-0.15, -0.1) is 0 Å². The van der Waals surface area contributed by atoms with Crippen LogP contribution < -0.4 is 4.74 Å². The van der Waals surface area contributed by atoms with Crippen LogP contribution in [0.1, 0.15) is 11.7 Å². The van der Waals surface area contributed by atoms with Crippen LogP contribution in [0, 0.1) is 21.4 Å². The van der Waals surface area contributed by atoms with Crippen LogP contribution in [-0.4, -0.2) is 28.4 Å². The van der Waals surface area contributed by atoms with Gasteiger partial charge < -0.3 is 14.9 Å². The highest BCUT2D eigenvalue weighted by Gasteiger charge is 2.21. The van der Waals surface area contributed by atoms with Gasteiger partial charge in [-0.3, -0.25) is 10.1 Å². The summed E-state index contributed by atoms with van der Waals surface area (Å²) in [5.41, 5.74) is -0.242. The summed E-state index contributed by atoms with van der Waals surface area (Å²) in [6, 6.07) is 5.01. The molecule has 17 heavy (non-hydrogen) atoms. The van der Waals surface area contributed by atoms with Crippen molar-refractivity contribution in [1.29, 1.82) is 5.26 Å². The average molecular weight is 238 g/mol. The lowest BCUT2D eigenvalue weighted by Gasteiger charge is -2.12. The van der Waals surface area contributed by atoms with Crippen LogP contribution in [0.25, 0.3) is 0 Å². The third-order valence-electron chi connectivity index (χ3n) is 2.13. The Balaban J connectivity index is 3.20. The molecular formula is C10H10N2O5. The molecule has 0 spiro atoms. The molecule has 2 N–H and O–H groups in total. The van der Waals surface area contributed by atoms with E-state index in [0.29, 0.717) is 0 Å². The number of nitriles is 1. The van der Waals surface area contributed by atoms with E-state index in [0.717, 1.165) is 6.07 Å². The van der Waals surface area contributed by atoms with E-state index in [1.165, 1.54) is 25.3 Å². The lowest BCUT2D eigenvalue weighted by atomic mass is 10.0. The van der Waals surface area contributed by atoms with Gasteiger partial charge in [-0.05, 0) is 11.6 Å². The van der Waals surface area contributed by atoms with Crippen molar-refractivity contribution in [3.05, 3.63) is 33.9 Å². The number of nitrogens with zero attached hydrogens (tertiary/aromatic N) is 2. The summed E-state index contributed by atoms with van der Waals surface area (Å²) in [4.78, 5) is 9.97. The Bertz CT molecular complexity index is 468. The number of nitro groups is 1. The summed E-state index contributed by atoms with van der Waals surface area (Å²) >= 11 is 0. The zero-order valence-electron chi connectivity index (χ0n) is 8.90. The monoisotopic (exact) mass is 238 g/mol. The molecule has 0 aliphatic rings. The van der Waals surface area contributed by atoms with E-state index in [1.807, 2.05) is 0 Å². The van der Waals surface area contributed by atoms with Gasteiger partial charge in [-0.25, -0.2) is 0 Å². The number of hydrogen-bond acceptors (Lipinski definition) is 6. The molecule has 2 unspecified atom stereocenters. The third-order valence-corrected chi connectivity index (χ3v) is 2.13. The zero-order valence-corrected chi connectivity index (χ0v) is 8.90. The Hall–Kier alpha value is -2.17. The molecule has 0 radical (unpaired) electrons. The van der Waals surface area contributed by atoms with Crippen molar-refractivity contribution < 1.29 is 19.9 Å². The normalized spacial score (nSPS) is 13.5. The largest absolute Gasteiger partial charge is 0.496 e. The summed E-state index contributed by atoms with van der Waals surface area (Å²) in [5.74, 6) is 0.165. The molecule has 0 bridgehead atoms. The molecule has 1 rings (SSSR count). The first-order chi connectivity index (χ1) is 7.99. The second-order valence-corrected chi connectivity index (χ2v) is 3.24. The minimum absolute atomic E-state index is 0.0464. The fraction of sp³-hybridized carbons (Fsp3) is 0.300. The number of rotatable bonds is 4. The van der Waals surface area contributed by atoms with E-state index in [1.54, 1.807) is 0 Å². The summed E-state index contributed by atoms with van der Waals surface area (Å²) in [6.07, 6.45) is -3.17.